The second-order valence-corrected chi connectivity index (χ2v) is 3.05. The molecule has 1 heterocycles. The lowest BCUT2D eigenvalue weighted by Gasteiger charge is -2.14. The summed E-state index contributed by atoms with van der Waals surface area (Å²) in [6, 6.07) is 3.78. The number of carbonyl (C=O) groups excluding carboxylic acids is 1. The summed E-state index contributed by atoms with van der Waals surface area (Å²) in [6.07, 6.45) is 3.10. The molecular formula is C10H14N2O3. The molecule has 0 spiro atoms. The van der Waals surface area contributed by atoms with Crippen LogP contribution in [0.5, 0.6) is 0 Å². The molecule has 1 aromatic heterocycles. The van der Waals surface area contributed by atoms with Crippen LogP contribution in [-0.4, -0.2) is 30.9 Å². The highest BCUT2D eigenvalue weighted by molar-refractivity contribution is 5.64. The minimum Gasteiger partial charge on any atom is -0.447 e. The number of primary amides is 1. The first-order valence-corrected chi connectivity index (χ1v) is 4.56. The first kappa shape index (κ1) is 11.5. The molecule has 5 heteroatoms. The SMILES string of the molecule is COC(COC(N)=O)Cc1cccnc1. The van der Waals surface area contributed by atoms with Gasteiger partial charge in [0, 0.05) is 25.9 Å². The second kappa shape index (κ2) is 5.98. The predicted octanol–water partition coefficient (Wildman–Crippen LogP) is 0.734. The molecule has 1 rings (SSSR count). The molecule has 0 radical (unpaired) electrons. The van der Waals surface area contributed by atoms with Crippen molar-refractivity contribution in [2.24, 2.45) is 5.73 Å². The Hall–Kier alpha value is -1.62. The third-order valence-electron chi connectivity index (χ3n) is 1.93. The van der Waals surface area contributed by atoms with Crippen molar-refractivity contribution in [1.82, 2.24) is 4.98 Å². The van der Waals surface area contributed by atoms with Crippen LogP contribution < -0.4 is 5.73 Å². The Balaban J connectivity index is 2.43. The summed E-state index contributed by atoms with van der Waals surface area (Å²) in [6.45, 7) is 0.153. The quantitative estimate of drug-likeness (QED) is 0.777. The van der Waals surface area contributed by atoms with Gasteiger partial charge >= 0.3 is 6.09 Å². The van der Waals surface area contributed by atoms with E-state index in [0.29, 0.717) is 6.42 Å². The lowest BCUT2D eigenvalue weighted by atomic mass is 10.1. The number of amides is 1. The molecule has 0 aromatic carbocycles. The molecule has 1 amide bonds. The summed E-state index contributed by atoms with van der Waals surface area (Å²) in [5.41, 5.74) is 5.89. The van der Waals surface area contributed by atoms with E-state index in [1.54, 1.807) is 19.5 Å². The smallest absolute Gasteiger partial charge is 0.404 e. The van der Waals surface area contributed by atoms with Crippen molar-refractivity contribution >= 4 is 6.09 Å². The molecule has 15 heavy (non-hydrogen) atoms. The molecule has 0 fully saturated rings. The summed E-state index contributed by atoms with van der Waals surface area (Å²) in [4.78, 5) is 14.4. The summed E-state index contributed by atoms with van der Waals surface area (Å²) in [5, 5.41) is 0. The van der Waals surface area contributed by atoms with Crippen LogP contribution in [0.3, 0.4) is 0 Å². The number of ether oxygens (including phenoxy) is 2. The minimum absolute atomic E-state index is 0.153. The van der Waals surface area contributed by atoms with Gasteiger partial charge in [-0.25, -0.2) is 4.79 Å². The van der Waals surface area contributed by atoms with E-state index >= 15 is 0 Å². The Kier molecular flexibility index (Phi) is 4.56. The molecule has 82 valence electrons. The highest BCUT2D eigenvalue weighted by Crippen LogP contribution is 2.04. The number of hydrogen-bond donors (Lipinski definition) is 1. The van der Waals surface area contributed by atoms with E-state index in [9.17, 15) is 4.79 Å². The maximum Gasteiger partial charge on any atom is 0.404 e. The predicted molar refractivity (Wildman–Crippen MR) is 54.3 cm³/mol. The summed E-state index contributed by atoms with van der Waals surface area (Å²) < 4.78 is 9.80. The Bertz CT molecular complexity index is 303. The van der Waals surface area contributed by atoms with E-state index in [1.807, 2.05) is 12.1 Å². The maximum absolute atomic E-state index is 10.4. The highest BCUT2D eigenvalue weighted by Gasteiger charge is 2.10. The molecule has 0 aliphatic rings. The van der Waals surface area contributed by atoms with Gasteiger partial charge in [0.2, 0.25) is 0 Å². The van der Waals surface area contributed by atoms with Crippen LogP contribution in [0.15, 0.2) is 24.5 Å². The molecule has 0 saturated heterocycles. The zero-order chi connectivity index (χ0) is 11.1. The highest BCUT2D eigenvalue weighted by atomic mass is 16.6. The van der Waals surface area contributed by atoms with Gasteiger partial charge in [0.1, 0.15) is 6.61 Å². The molecule has 5 nitrogen and oxygen atoms in total. The van der Waals surface area contributed by atoms with Crippen LogP contribution in [0, 0.1) is 0 Å². The third kappa shape index (κ3) is 4.42. The van der Waals surface area contributed by atoms with Gasteiger partial charge in [-0.1, -0.05) is 6.07 Å². The molecule has 0 bridgehead atoms. The Labute approximate surface area is 88.2 Å². The molecule has 2 N–H and O–H groups in total. The van der Waals surface area contributed by atoms with E-state index in [-0.39, 0.29) is 12.7 Å². The Morgan fingerprint density at radius 3 is 3.00 bits per heavy atom. The van der Waals surface area contributed by atoms with Crippen LogP contribution in [0.4, 0.5) is 4.79 Å². The van der Waals surface area contributed by atoms with E-state index in [1.165, 1.54) is 0 Å². The van der Waals surface area contributed by atoms with Crippen LogP contribution in [-0.2, 0) is 15.9 Å². The van der Waals surface area contributed by atoms with E-state index in [0.717, 1.165) is 5.56 Å². The van der Waals surface area contributed by atoms with Crippen molar-refractivity contribution in [3.8, 4) is 0 Å². The van der Waals surface area contributed by atoms with Gasteiger partial charge in [-0.15, -0.1) is 0 Å². The Morgan fingerprint density at radius 1 is 1.67 bits per heavy atom. The van der Waals surface area contributed by atoms with Gasteiger partial charge < -0.3 is 15.2 Å². The monoisotopic (exact) mass is 210 g/mol. The third-order valence-corrected chi connectivity index (χ3v) is 1.93. The minimum atomic E-state index is -0.789. The van der Waals surface area contributed by atoms with Gasteiger partial charge in [-0.05, 0) is 11.6 Å². The fourth-order valence-electron chi connectivity index (χ4n) is 1.17. The summed E-state index contributed by atoms with van der Waals surface area (Å²) in [7, 11) is 1.56. The largest absolute Gasteiger partial charge is 0.447 e. The summed E-state index contributed by atoms with van der Waals surface area (Å²) >= 11 is 0. The van der Waals surface area contributed by atoms with E-state index in [4.69, 9.17) is 10.5 Å². The number of rotatable bonds is 5. The number of nitrogens with zero attached hydrogens (tertiary/aromatic N) is 1. The van der Waals surface area contributed by atoms with Crippen LogP contribution in [0.1, 0.15) is 5.56 Å². The van der Waals surface area contributed by atoms with Crippen molar-refractivity contribution < 1.29 is 14.3 Å². The van der Waals surface area contributed by atoms with Crippen molar-refractivity contribution in [1.29, 1.82) is 0 Å². The van der Waals surface area contributed by atoms with Gasteiger partial charge in [-0.2, -0.15) is 0 Å². The topological polar surface area (TPSA) is 74.4 Å². The normalized spacial score (nSPS) is 12.1. The second-order valence-electron chi connectivity index (χ2n) is 3.05. The molecule has 0 saturated carbocycles. The fraction of sp³-hybridized carbons (Fsp3) is 0.400. The van der Waals surface area contributed by atoms with Crippen LogP contribution in [0.25, 0.3) is 0 Å². The lowest BCUT2D eigenvalue weighted by Crippen LogP contribution is -2.25. The number of carbonyl (C=O) groups is 1. The van der Waals surface area contributed by atoms with Crippen LogP contribution in [0.2, 0.25) is 0 Å². The number of aromatic nitrogens is 1. The van der Waals surface area contributed by atoms with Gasteiger partial charge in [0.25, 0.3) is 0 Å². The van der Waals surface area contributed by atoms with Crippen molar-refractivity contribution in [3.05, 3.63) is 30.1 Å². The van der Waals surface area contributed by atoms with E-state index in [2.05, 4.69) is 9.72 Å². The first-order valence-electron chi connectivity index (χ1n) is 4.56. The fourth-order valence-corrected chi connectivity index (χ4v) is 1.17. The first-order chi connectivity index (χ1) is 7.22. The lowest BCUT2D eigenvalue weighted by molar-refractivity contribution is 0.0384. The maximum atomic E-state index is 10.4. The molecule has 0 aliphatic heterocycles. The van der Waals surface area contributed by atoms with Crippen molar-refractivity contribution in [2.45, 2.75) is 12.5 Å². The van der Waals surface area contributed by atoms with Gasteiger partial charge in [0.15, 0.2) is 0 Å². The average molecular weight is 210 g/mol. The zero-order valence-electron chi connectivity index (χ0n) is 8.55. The standard InChI is InChI=1S/C10H14N2O3/c1-14-9(7-15-10(11)13)5-8-3-2-4-12-6-8/h2-4,6,9H,5,7H2,1H3,(H2,11,13). The molecule has 0 aliphatic carbocycles. The van der Waals surface area contributed by atoms with Gasteiger partial charge in [-0.3, -0.25) is 4.98 Å². The Morgan fingerprint density at radius 2 is 2.47 bits per heavy atom. The molecule has 1 aromatic rings. The number of nitrogens with two attached hydrogens (primary N) is 1. The van der Waals surface area contributed by atoms with Crippen LogP contribution >= 0.6 is 0 Å². The number of methoxy groups -OCH3 is 1. The summed E-state index contributed by atoms with van der Waals surface area (Å²) in [5.74, 6) is 0. The average Bonchev–Trinajstić information content (AvgIpc) is 2.25. The molecule has 1 unspecified atom stereocenters. The van der Waals surface area contributed by atoms with E-state index < -0.39 is 6.09 Å². The number of pyridine rings is 1. The number of hydrogen-bond acceptors (Lipinski definition) is 4. The molecule has 1 atom stereocenters. The van der Waals surface area contributed by atoms with Crippen molar-refractivity contribution in [3.63, 3.8) is 0 Å². The molecular weight excluding hydrogens is 196 g/mol. The van der Waals surface area contributed by atoms with Crippen molar-refractivity contribution in [2.75, 3.05) is 13.7 Å². The zero-order valence-corrected chi connectivity index (χ0v) is 8.55. The van der Waals surface area contributed by atoms with Gasteiger partial charge in [0.05, 0.1) is 6.10 Å².